The first-order valence-corrected chi connectivity index (χ1v) is 6.64. The molecule has 1 saturated heterocycles. The molecule has 2 nitrogen and oxygen atoms in total. The first-order chi connectivity index (χ1) is 7.75. The van der Waals surface area contributed by atoms with Crippen molar-refractivity contribution in [3.8, 4) is 5.75 Å². The Hall–Kier alpha value is -0.540. The molecule has 3 heteroatoms. The number of nitrogens with one attached hydrogen (secondary N) is 1. The fourth-order valence-electron chi connectivity index (χ4n) is 2.00. The van der Waals surface area contributed by atoms with E-state index >= 15 is 0 Å². The van der Waals surface area contributed by atoms with E-state index in [-0.39, 0.29) is 0 Å². The highest BCUT2D eigenvalue weighted by molar-refractivity contribution is 9.10. The maximum Gasteiger partial charge on any atom is 0.133 e. The van der Waals surface area contributed by atoms with E-state index in [0.717, 1.165) is 29.9 Å². The number of ether oxygens (including phenoxy) is 1. The van der Waals surface area contributed by atoms with Crippen molar-refractivity contribution in [2.75, 3.05) is 19.7 Å². The van der Waals surface area contributed by atoms with Gasteiger partial charge in [-0.25, -0.2) is 0 Å². The zero-order valence-corrected chi connectivity index (χ0v) is 11.2. The molecule has 1 unspecified atom stereocenters. The summed E-state index contributed by atoms with van der Waals surface area (Å²) in [5, 5.41) is 3.40. The second-order valence-electron chi connectivity index (χ2n) is 4.46. The Labute approximate surface area is 106 Å². The summed E-state index contributed by atoms with van der Waals surface area (Å²) >= 11 is 3.53. The first-order valence-electron chi connectivity index (χ1n) is 5.85. The lowest BCUT2D eigenvalue weighted by molar-refractivity contribution is 0.217. The molecule has 1 fully saturated rings. The number of rotatable bonds is 3. The van der Waals surface area contributed by atoms with Crippen LogP contribution in [0.1, 0.15) is 18.4 Å². The van der Waals surface area contributed by atoms with Gasteiger partial charge in [0.15, 0.2) is 0 Å². The summed E-state index contributed by atoms with van der Waals surface area (Å²) in [5.41, 5.74) is 1.25. The quantitative estimate of drug-likeness (QED) is 0.920. The summed E-state index contributed by atoms with van der Waals surface area (Å²) in [6.07, 6.45) is 2.54. The number of piperidine rings is 1. The topological polar surface area (TPSA) is 21.3 Å². The summed E-state index contributed by atoms with van der Waals surface area (Å²) in [6, 6.07) is 6.21. The summed E-state index contributed by atoms with van der Waals surface area (Å²) in [5.74, 6) is 1.61. The van der Waals surface area contributed by atoms with Gasteiger partial charge in [-0.05, 0) is 59.9 Å². The van der Waals surface area contributed by atoms with Crippen LogP contribution in [0, 0.1) is 12.8 Å². The van der Waals surface area contributed by atoms with Crippen molar-refractivity contribution in [2.45, 2.75) is 19.8 Å². The lowest BCUT2D eigenvalue weighted by Gasteiger charge is -2.23. The molecular weight excluding hydrogens is 266 g/mol. The van der Waals surface area contributed by atoms with Gasteiger partial charge in [0.1, 0.15) is 5.75 Å². The van der Waals surface area contributed by atoms with Crippen molar-refractivity contribution in [1.29, 1.82) is 0 Å². The van der Waals surface area contributed by atoms with E-state index < -0.39 is 0 Å². The molecule has 2 rings (SSSR count). The van der Waals surface area contributed by atoms with Gasteiger partial charge in [-0.15, -0.1) is 0 Å². The first kappa shape index (κ1) is 11.9. The average molecular weight is 284 g/mol. The van der Waals surface area contributed by atoms with E-state index in [1.165, 1.54) is 18.4 Å². The zero-order chi connectivity index (χ0) is 11.4. The molecule has 1 heterocycles. The Kier molecular flexibility index (Phi) is 4.24. The minimum absolute atomic E-state index is 0.655. The molecule has 1 atom stereocenters. The lowest BCUT2D eigenvalue weighted by atomic mass is 10.0. The summed E-state index contributed by atoms with van der Waals surface area (Å²) in [7, 11) is 0. The van der Waals surface area contributed by atoms with Crippen LogP contribution >= 0.6 is 15.9 Å². The van der Waals surface area contributed by atoms with Gasteiger partial charge in [0.25, 0.3) is 0 Å². The highest BCUT2D eigenvalue weighted by atomic mass is 79.9. The van der Waals surface area contributed by atoms with E-state index in [1.54, 1.807) is 0 Å². The van der Waals surface area contributed by atoms with E-state index in [4.69, 9.17) is 4.74 Å². The molecule has 0 aliphatic carbocycles. The molecule has 1 aromatic carbocycles. The fraction of sp³-hybridized carbons (Fsp3) is 0.538. The van der Waals surface area contributed by atoms with Gasteiger partial charge in [-0.3, -0.25) is 0 Å². The molecule has 1 aliphatic rings. The van der Waals surface area contributed by atoms with Gasteiger partial charge >= 0.3 is 0 Å². The molecule has 0 spiro atoms. The zero-order valence-electron chi connectivity index (χ0n) is 9.63. The number of benzene rings is 1. The molecule has 0 bridgehead atoms. The monoisotopic (exact) mass is 283 g/mol. The fourth-order valence-corrected chi connectivity index (χ4v) is 2.60. The van der Waals surface area contributed by atoms with E-state index in [9.17, 15) is 0 Å². The number of aryl methyl sites for hydroxylation is 1. The van der Waals surface area contributed by atoms with Crippen molar-refractivity contribution in [3.05, 3.63) is 28.2 Å². The minimum Gasteiger partial charge on any atom is -0.492 e. The van der Waals surface area contributed by atoms with Crippen molar-refractivity contribution in [1.82, 2.24) is 5.32 Å². The molecular formula is C13H18BrNO. The standard InChI is InChI=1S/C13H18BrNO/c1-10-4-5-13(12(14)7-10)16-9-11-3-2-6-15-8-11/h4-5,7,11,15H,2-3,6,8-9H2,1H3. The molecule has 88 valence electrons. The lowest BCUT2D eigenvalue weighted by Crippen LogP contribution is -2.33. The summed E-state index contributed by atoms with van der Waals surface area (Å²) in [6.45, 7) is 5.14. The molecule has 1 aromatic rings. The Morgan fingerprint density at radius 1 is 1.50 bits per heavy atom. The van der Waals surface area contributed by atoms with Crippen LogP contribution in [0.25, 0.3) is 0 Å². The highest BCUT2D eigenvalue weighted by Crippen LogP contribution is 2.26. The summed E-state index contributed by atoms with van der Waals surface area (Å²) < 4.78 is 6.90. The van der Waals surface area contributed by atoms with Crippen LogP contribution in [0.15, 0.2) is 22.7 Å². The van der Waals surface area contributed by atoms with Crippen LogP contribution < -0.4 is 10.1 Å². The van der Waals surface area contributed by atoms with Crippen LogP contribution in [0.5, 0.6) is 5.75 Å². The highest BCUT2D eigenvalue weighted by Gasteiger charge is 2.14. The van der Waals surface area contributed by atoms with E-state index in [0.29, 0.717) is 5.92 Å². The van der Waals surface area contributed by atoms with Gasteiger partial charge in [-0.2, -0.15) is 0 Å². The van der Waals surface area contributed by atoms with Crippen molar-refractivity contribution < 1.29 is 4.74 Å². The molecule has 16 heavy (non-hydrogen) atoms. The maximum absolute atomic E-state index is 5.84. The molecule has 0 amide bonds. The third-order valence-electron chi connectivity index (χ3n) is 2.96. The Morgan fingerprint density at radius 3 is 3.06 bits per heavy atom. The van der Waals surface area contributed by atoms with Crippen LogP contribution in [-0.4, -0.2) is 19.7 Å². The SMILES string of the molecule is Cc1ccc(OCC2CCCNC2)c(Br)c1. The Balaban J connectivity index is 1.88. The number of hydrogen-bond donors (Lipinski definition) is 1. The van der Waals surface area contributed by atoms with Gasteiger partial charge < -0.3 is 10.1 Å². The largest absolute Gasteiger partial charge is 0.492 e. The van der Waals surface area contributed by atoms with E-state index in [1.807, 2.05) is 6.07 Å². The van der Waals surface area contributed by atoms with E-state index in [2.05, 4.69) is 40.3 Å². The predicted molar refractivity (Wildman–Crippen MR) is 70.0 cm³/mol. The van der Waals surface area contributed by atoms with Gasteiger partial charge in [0, 0.05) is 12.5 Å². The third-order valence-corrected chi connectivity index (χ3v) is 3.58. The molecule has 0 radical (unpaired) electrons. The summed E-state index contributed by atoms with van der Waals surface area (Å²) in [4.78, 5) is 0. The third kappa shape index (κ3) is 3.22. The normalized spacial score (nSPS) is 20.8. The number of halogens is 1. The van der Waals surface area contributed by atoms with Crippen molar-refractivity contribution in [2.24, 2.45) is 5.92 Å². The number of hydrogen-bond acceptors (Lipinski definition) is 2. The smallest absolute Gasteiger partial charge is 0.133 e. The van der Waals surface area contributed by atoms with Gasteiger partial charge in [0.05, 0.1) is 11.1 Å². The second-order valence-corrected chi connectivity index (χ2v) is 5.31. The van der Waals surface area contributed by atoms with Crippen LogP contribution in [0.4, 0.5) is 0 Å². The van der Waals surface area contributed by atoms with Crippen molar-refractivity contribution in [3.63, 3.8) is 0 Å². The van der Waals surface area contributed by atoms with Gasteiger partial charge in [-0.1, -0.05) is 6.07 Å². The van der Waals surface area contributed by atoms with Crippen molar-refractivity contribution >= 4 is 15.9 Å². The van der Waals surface area contributed by atoms with Gasteiger partial charge in [0.2, 0.25) is 0 Å². The Morgan fingerprint density at radius 2 is 2.38 bits per heavy atom. The average Bonchev–Trinajstić information content (AvgIpc) is 2.29. The molecule has 1 N–H and O–H groups in total. The van der Waals surface area contributed by atoms with Crippen LogP contribution in [0.2, 0.25) is 0 Å². The van der Waals surface area contributed by atoms with Crippen LogP contribution in [-0.2, 0) is 0 Å². The molecule has 0 saturated carbocycles. The van der Waals surface area contributed by atoms with Crippen LogP contribution in [0.3, 0.4) is 0 Å². The Bertz CT molecular complexity index is 348. The second kappa shape index (κ2) is 5.69. The minimum atomic E-state index is 0.655. The molecule has 0 aromatic heterocycles. The molecule has 1 aliphatic heterocycles. The predicted octanol–water partition coefficient (Wildman–Crippen LogP) is 3.14. The maximum atomic E-state index is 5.84.